The number of hydrogen-bond donors (Lipinski definition) is 0. The summed E-state index contributed by atoms with van der Waals surface area (Å²) in [4.78, 5) is 2.40. The number of aryl methyl sites for hydroxylation is 6. The Kier molecular flexibility index (Phi) is 7.30. The maximum absolute atomic E-state index is 19.0. The van der Waals surface area contributed by atoms with E-state index in [2.05, 4.69) is 131 Å². The molecule has 38 heavy (non-hydrogen) atoms. The monoisotopic (exact) mass is 616 g/mol. The number of rotatable bonds is 5. The molecule has 0 aliphatic carbocycles. The van der Waals surface area contributed by atoms with Gasteiger partial charge >= 0.3 is 236 Å². The van der Waals surface area contributed by atoms with Crippen LogP contribution in [0, 0.1) is 41.5 Å². The van der Waals surface area contributed by atoms with Crippen LogP contribution in [-0.2, 0) is 0 Å². The molecule has 0 atom stereocenters. The molecule has 0 amide bonds. The Morgan fingerprint density at radius 1 is 0.579 bits per heavy atom. The van der Waals surface area contributed by atoms with E-state index < -0.39 is 26.0 Å². The van der Waals surface area contributed by atoms with Crippen LogP contribution in [0.15, 0.2) is 91.0 Å². The van der Waals surface area contributed by atoms with Gasteiger partial charge in [0.25, 0.3) is 0 Å². The number of benzene rings is 5. The topological polar surface area (TPSA) is 0 Å². The summed E-state index contributed by atoms with van der Waals surface area (Å²) in [5.41, 5.74) is 8.94. The Hall–Kier alpha value is -2.86. The maximum atomic E-state index is 19.0. The van der Waals surface area contributed by atoms with Crippen molar-refractivity contribution in [1.82, 2.24) is 0 Å². The van der Waals surface area contributed by atoms with Crippen molar-refractivity contribution in [2.24, 2.45) is 0 Å². The first kappa shape index (κ1) is 26.7. The van der Waals surface area contributed by atoms with Gasteiger partial charge in [0.05, 0.1) is 0 Å². The zero-order chi connectivity index (χ0) is 27.2. The first-order valence-corrected chi connectivity index (χ1v) is 18.0. The van der Waals surface area contributed by atoms with Crippen molar-refractivity contribution in [1.29, 1.82) is 0 Å². The van der Waals surface area contributed by atoms with E-state index in [0.29, 0.717) is 0 Å². The summed E-state index contributed by atoms with van der Waals surface area (Å²) in [6.07, 6.45) is -2.75. The van der Waals surface area contributed by atoms with E-state index >= 15 is 4.32 Å². The van der Waals surface area contributed by atoms with E-state index in [1.807, 2.05) is 6.07 Å². The van der Waals surface area contributed by atoms with Crippen molar-refractivity contribution in [2.75, 3.05) is 0 Å². The quantitative estimate of drug-likeness (QED) is 0.218. The van der Waals surface area contributed by atoms with Crippen LogP contribution in [-0.4, -0.2) is 26.0 Å². The Morgan fingerprint density at radius 2 is 1.05 bits per heavy atom. The van der Waals surface area contributed by atoms with Gasteiger partial charge in [-0.3, -0.25) is 0 Å². The number of hydrogen-bond acceptors (Lipinski definition) is 0. The fraction of sp³-hybridized carbons (Fsp3) is 0.200. The average molecular weight is 614 g/mol. The molecule has 0 aromatic heterocycles. The van der Waals surface area contributed by atoms with Gasteiger partial charge in [-0.05, 0) is 0 Å². The third-order valence-corrected chi connectivity index (χ3v) is 13.7. The molecule has 0 unspecified atom stereocenters. The van der Waals surface area contributed by atoms with E-state index in [1.165, 1.54) is 18.3 Å². The summed E-state index contributed by atoms with van der Waals surface area (Å²) in [5, 5.41) is 2.23. The average Bonchev–Trinajstić information content (AvgIpc) is 2.86. The minimum absolute atomic E-state index is 0.826. The van der Waals surface area contributed by atoms with Crippen molar-refractivity contribution in [2.45, 2.75) is 46.5 Å². The molecule has 5 aromatic carbocycles. The number of halogens is 1. The standard InChI is InChI=1S/C35H36BFTe/c1-23-19-25(3)34(26(4)20-23)36(37,35-27(5)21-24(2)22-28(35)6)31-17-11-13-29-14-12-18-32(33(29)31)38(7)30-15-9-8-10-16-30/h8-22H,1-7H3. The second-order valence-corrected chi connectivity index (χ2v) is 16.4. The van der Waals surface area contributed by atoms with Crippen molar-refractivity contribution in [3.63, 3.8) is 0 Å². The van der Waals surface area contributed by atoms with E-state index in [0.717, 1.165) is 49.4 Å². The Balaban J connectivity index is 1.94. The molecular weight excluding hydrogens is 578 g/mol. The summed E-state index contributed by atoms with van der Waals surface area (Å²) < 4.78 is 21.7. The Bertz CT molecular complexity index is 1550. The van der Waals surface area contributed by atoms with Crippen LogP contribution < -0.4 is 23.6 Å². The van der Waals surface area contributed by atoms with Crippen LogP contribution >= 0.6 is 0 Å². The van der Waals surface area contributed by atoms with Gasteiger partial charge in [0.1, 0.15) is 0 Å². The third-order valence-electron chi connectivity index (χ3n) is 8.03. The molecule has 0 saturated heterocycles. The van der Waals surface area contributed by atoms with Gasteiger partial charge in [0.15, 0.2) is 0 Å². The molecule has 0 saturated carbocycles. The van der Waals surface area contributed by atoms with Crippen molar-refractivity contribution >= 4 is 60.4 Å². The van der Waals surface area contributed by atoms with Gasteiger partial charge in [0.2, 0.25) is 0 Å². The van der Waals surface area contributed by atoms with Gasteiger partial charge < -0.3 is 0 Å². The zero-order valence-electron chi connectivity index (χ0n) is 23.5. The zero-order valence-corrected chi connectivity index (χ0v) is 25.9. The first-order chi connectivity index (χ1) is 18.1. The molecule has 0 N–H and O–H groups in total. The molecule has 0 aliphatic heterocycles. The van der Waals surface area contributed by atoms with Crippen molar-refractivity contribution in [3.8, 4) is 0 Å². The summed E-state index contributed by atoms with van der Waals surface area (Å²) in [6.45, 7) is 12.5. The molecule has 5 aromatic rings. The first-order valence-electron chi connectivity index (χ1n) is 13.4. The van der Waals surface area contributed by atoms with Gasteiger partial charge in [-0.25, -0.2) is 0 Å². The second kappa shape index (κ2) is 10.4. The molecule has 0 fully saturated rings. The van der Waals surface area contributed by atoms with Crippen LogP contribution in [0.4, 0.5) is 4.32 Å². The Labute approximate surface area is 234 Å². The van der Waals surface area contributed by atoms with Crippen LogP contribution in [0.1, 0.15) is 33.4 Å². The van der Waals surface area contributed by atoms with Crippen LogP contribution in [0.3, 0.4) is 0 Å². The van der Waals surface area contributed by atoms with Crippen molar-refractivity contribution in [3.05, 3.63) is 124 Å². The summed E-state index contributed by atoms with van der Waals surface area (Å²) in [7, 11) is 0. The van der Waals surface area contributed by atoms with Crippen LogP contribution in [0.25, 0.3) is 10.8 Å². The minimum atomic E-state index is -2.75. The van der Waals surface area contributed by atoms with Gasteiger partial charge in [0, 0.05) is 0 Å². The molecule has 0 spiro atoms. The summed E-state index contributed by atoms with van der Waals surface area (Å²) >= 11 is -1.96. The Morgan fingerprint density at radius 3 is 1.55 bits per heavy atom. The normalized spacial score (nSPS) is 11.9. The van der Waals surface area contributed by atoms with E-state index in [4.69, 9.17) is 0 Å². The SMILES string of the molecule is Cc1cc(C)c([B-](F)(c2c(C)cc(C)cc2C)c2cccc3cccc([Te+](C)c4ccccc4)c23)c(C)c1. The van der Waals surface area contributed by atoms with E-state index in [9.17, 15) is 0 Å². The predicted octanol–water partition coefficient (Wildman–Crippen LogP) is 5.87. The van der Waals surface area contributed by atoms with Crippen LogP contribution in [0.2, 0.25) is 4.97 Å². The predicted molar refractivity (Wildman–Crippen MR) is 168 cm³/mol. The molecule has 5 rings (SSSR count). The fourth-order valence-electron chi connectivity index (χ4n) is 6.77. The molecule has 0 nitrogen and oxygen atoms in total. The fourth-order valence-corrected chi connectivity index (χ4v) is 11.5. The van der Waals surface area contributed by atoms with E-state index in [1.54, 1.807) is 0 Å². The molecule has 192 valence electrons. The van der Waals surface area contributed by atoms with Gasteiger partial charge in [-0.1, -0.05) is 0 Å². The van der Waals surface area contributed by atoms with Gasteiger partial charge in [-0.15, -0.1) is 0 Å². The van der Waals surface area contributed by atoms with E-state index in [-0.39, 0.29) is 0 Å². The molecule has 0 aliphatic rings. The van der Waals surface area contributed by atoms with Crippen LogP contribution in [0.5, 0.6) is 0 Å². The molecule has 3 heteroatoms. The molecule has 0 bridgehead atoms. The number of fused-ring (bicyclic) bond motifs is 1. The second-order valence-electron chi connectivity index (χ2n) is 10.9. The molecule has 0 heterocycles. The molecular formula is C35H36BFTe. The molecule has 0 radical (unpaired) electrons. The summed E-state index contributed by atoms with van der Waals surface area (Å²) in [6, 6.07) is 32.2. The van der Waals surface area contributed by atoms with Crippen molar-refractivity contribution < 1.29 is 4.32 Å². The van der Waals surface area contributed by atoms with Gasteiger partial charge in [-0.2, -0.15) is 0 Å². The summed E-state index contributed by atoms with van der Waals surface area (Å²) in [5.74, 6) is 0. The third kappa shape index (κ3) is 4.51.